The van der Waals surface area contributed by atoms with Gasteiger partial charge in [-0.3, -0.25) is 0 Å². The van der Waals surface area contributed by atoms with Crippen molar-refractivity contribution in [3.63, 3.8) is 0 Å². The van der Waals surface area contributed by atoms with Crippen molar-refractivity contribution in [1.82, 2.24) is 0 Å². The van der Waals surface area contributed by atoms with Gasteiger partial charge < -0.3 is 5.73 Å². The molecule has 0 fully saturated rings. The molecule has 1 nitrogen and oxygen atoms in total. The fourth-order valence-corrected chi connectivity index (χ4v) is 3.83. The van der Waals surface area contributed by atoms with E-state index in [2.05, 4.69) is 47.2 Å². The van der Waals surface area contributed by atoms with Crippen LogP contribution < -0.4 is 5.73 Å². The van der Waals surface area contributed by atoms with Crippen LogP contribution in [0.1, 0.15) is 16.5 Å². The Morgan fingerprint density at radius 1 is 1.06 bits per heavy atom. The summed E-state index contributed by atoms with van der Waals surface area (Å²) in [4.78, 5) is 1.35. The first-order valence-corrected chi connectivity index (χ1v) is 7.34. The first-order valence-electron chi connectivity index (χ1n) is 5.58. The lowest BCUT2D eigenvalue weighted by atomic mass is 10.0. The molecule has 0 radical (unpaired) electrons. The summed E-state index contributed by atoms with van der Waals surface area (Å²) in [5, 5.41) is 5.61. The number of nitrogens with two attached hydrogens (primary N) is 1. The molecule has 2 N–H and O–H groups in total. The molecule has 1 unspecified atom stereocenters. The van der Waals surface area contributed by atoms with Crippen LogP contribution in [0.2, 0.25) is 0 Å². The Labute approximate surface area is 109 Å². The molecule has 1 aromatic carbocycles. The molecule has 0 aliphatic rings. The van der Waals surface area contributed by atoms with E-state index in [4.69, 9.17) is 5.73 Å². The fraction of sp³-hybridized carbons (Fsp3) is 0.143. The van der Waals surface area contributed by atoms with Crippen molar-refractivity contribution in [2.24, 2.45) is 5.73 Å². The zero-order valence-electron chi connectivity index (χ0n) is 9.30. The number of thiophene rings is 2. The van der Waals surface area contributed by atoms with Crippen molar-refractivity contribution in [2.75, 3.05) is 0 Å². The van der Waals surface area contributed by atoms with Gasteiger partial charge in [-0.25, -0.2) is 0 Å². The molecular formula is C14H13NS2. The Kier molecular flexibility index (Phi) is 2.97. The number of hydrogen-bond donors (Lipinski definition) is 1. The largest absolute Gasteiger partial charge is 0.324 e. The standard InChI is InChI=1S/C14H13NS2/c15-13(8-10-4-3-7-16-10)12-9-17-14-6-2-1-5-11(12)14/h1-7,9,13H,8,15H2. The summed E-state index contributed by atoms with van der Waals surface area (Å²) in [5.74, 6) is 0. The van der Waals surface area contributed by atoms with Crippen molar-refractivity contribution in [3.05, 3.63) is 57.6 Å². The smallest absolute Gasteiger partial charge is 0.0358 e. The van der Waals surface area contributed by atoms with Gasteiger partial charge in [0, 0.05) is 22.0 Å². The van der Waals surface area contributed by atoms with Crippen LogP contribution in [0.3, 0.4) is 0 Å². The Morgan fingerprint density at radius 3 is 2.76 bits per heavy atom. The summed E-state index contributed by atoms with van der Waals surface area (Å²) in [6, 6.07) is 12.8. The third-order valence-electron chi connectivity index (χ3n) is 2.91. The van der Waals surface area contributed by atoms with E-state index < -0.39 is 0 Å². The van der Waals surface area contributed by atoms with Crippen LogP contribution in [0.25, 0.3) is 10.1 Å². The lowest BCUT2D eigenvalue weighted by molar-refractivity contribution is 0.739. The van der Waals surface area contributed by atoms with E-state index in [0.29, 0.717) is 0 Å². The third kappa shape index (κ3) is 2.14. The number of fused-ring (bicyclic) bond motifs is 1. The maximum atomic E-state index is 6.31. The molecule has 86 valence electrons. The fourth-order valence-electron chi connectivity index (χ4n) is 2.04. The number of rotatable bonds is 3. The zero-order valence-corrected chi connectivity index (χ0v) is 10.9. The van der Waals surface area contributed by atoms with Gasteiger partial charge in [0.2, 0.25) is 0 Å². The van der Waals surface area contributed by atoms with Crippen LogP contribution in [0.15, 0.2) is 47.2 Å². The summed E-state index contributed by atoms with van der Waals surface area (Å²) in [7, 11) is 0. The molecule has 0 aliphatic carbocycles. The minimum atomic E-state index is 0.102. The lowest BCUT2D eigenvalue weighted by Crippen LogP contribution is -2.11. The monoisotopic (exact) mass is 259 g/mol. The first kappa shape index (κ1) is 11.0. The highest BCUT2D eigenvalue weighted by Crippen LogP contribution is 2.31. The molecule has 0 spiro atoms. The molecular weight excluding hydrogens is 246 g/mol. The first-order chi connectivity index (χ1) is 8.34. The van der Waals surface area contributed by atoms with Gasteiger partial charge in [-0.2, -0.15) is 0 Å². The second-order valence-electron chi connectivity index (χ2n) is 4.08. The molecule has 3 aromatic rings. The molecule has 3 heteroatoms. The van der Waals surface area contributed by atoms with Gasteiger partial charge in [-0.05, 0) is 33.8 Å². The quantitative estimate of drug-likeness (QED) is 0.749. The molecule has 0 bridgehead atoms. The molecule has 2 heterocycles. The average Bonchev–Trinajstić information content (AvgIpc) is 2.96. The number of benzene rings is 1. The number of hydrogen-bond acceptors (Lipinski definition) is 3. The van der Waals surface area contributed by atoms with E-state index in [-0.39, 0.29) is 6.04 Å². The minimum absolute atomic E-state index is 0.102. The van der Waals surface area contributed by atoms with Crippen LogP contribution in [-0.2, 0) is 6.42 Å². The van der Waals surface area contributed by atoms with Crippen molar-refractivity contribution in [1.29, 1.82) is 0 Å². The van der Waals surface area contributed by atoms with Crippen LogP contribution in [0.4, 0.5) is 0 Å². The minimum Gasteiger partial charge on any atom is -0.324 e. The molecule has 3 rings (SSSR count). The highest BCUT2D eigenvalue weighted by molar-refractivity contribution is 7.17. The van der Waals surface area contributed by atoms with Gasteiger partial charge in [-0.15, -0.1) is 22.7 Å². The van der Waals surface area contributed by atoms with Crippen molar-refractivity contribution in [3.8, 4) is 0 Å². The summed E-state index contributed by atoms with van der Waals surface area (Å²) in [5.41, 5.74) is 7.59. The van der Waals surface area contributed by atoms with Crippen molar-refractivity contribution >= 4 is 32.8 Å². The zero-order chi connectivity index (χ0) is 11.7. The lowest BCUT2D eigenvalue weighted by Gasteiger charge is -2.09. The molecule has 0 saturated carbocycles. The van der Waals surface area contributed by atoms with Crippen molar-refractivity contribution < 1.29 is 0 Å². The van der Waals surface area contributed by atoms with Crippen LogP contribution in [0, 0.1) is 0 Å². The van der Waals surface area contributed by atoms with Crippen LogP contribution >= 0.6 is 22.7 Å². The van der Waals surface area contributed by atoms with Crippen LogP contribution in [0.5, 0.6) is 0 Å². The SMILES string of the molecule is NC(Cc1cccs1)c1csc2ccccc12. The van der Waals surface area contributed by atoms with Gasteiger partial charge in [-0.1, -0.05) is 24.3 Å². The van der Waals surface area contributed by atoms with Gasteiger partial charge in [0.25, 0.3) is 0 Å². The van der Waals surface area contributed by atoms with E-state index in [9.17, 15) is 0 Å². The molecule has 0 saturated heterocycles. The van der Waals surface area contributed by atoms with E-state index in [1.54, 1.807) is 22.7 Å². The van der Waals surface area contributed by atoms with Gasteiger partial charge >= 0.3 is 0 Å². The normalized spacial score (nSPS) is 13.0. The molecule has 2 aromatic heterocycles. The average molecular weight is 259 g/mol. The van der Waals surface area contributed by atoms with E-state index in [1.807, 2.05) is 0 Å². The summed E-state index contributed by atoms with van der Waals surface area (Å²) >= 11 is 3.56. The van der Waals surface area contributed by atoms with Gasteiger partial charge in [0.15, 0.2) is 0 Å². The summed E-state index contributed by atoms with van der Waals surface area (Å²) in [6.07, 6.45) is 0.929. The van der Waals surface area contributed by atoms with E-state index in [0.717, 1.165) is 6.42 Å². The molecule has 1 atom stereocenters. The maximum absolute atomic E-state index is 6.31. The third-order valence-corrected chi connectivity index (χ3v) is 4.79. The molecule has 17 heavy (non-hydrogen) atoms. The molecule has 0 amide bonds. The van der Waals surface area contributed by atoms with Crippen LogP contribution in [-0.4, -0.2) is 0 Å². The predicted molar refractivity (Wildman–Crippen MR) is 76.8 cm³/mol. The Morgan fingerprint density at radius 2 is 1.94 bits per heavy atom. The highest BCUT2D eigenvalue weighted by atomic mass is 32.1. The second kappa shape index (κ2) is 4.61. The Balaban J connectivity index is 1.93. The highest BCUT2D eigenvalue weighted by Gasteiger charge is 2.12. The maximum Gasteiger partial charge on any atom is 0.0358 e. The second-order valence-corrected chi connectivity index (χ2v) is 6.02. The topological polar surface area (TPSA) is 26.0 Å². The molecule has 0 aliphatic heterocycles. The van der Waals surface area contributed by atoms with Gasteiger partial charge in [0.05, 0.1) is 0 Å². The van der Waals surface area contributed by atoms with Crippen molar-refractivity contribution in [2.45, 2.75) is 12.5 Å². The van der Waals surface area contributed by atoms with E-state index >= 15 is 0 Å². The van der Waals surface area contributed by atoms with Gasteiger partial charge in [0.1, 0.15) is 0 Å². The predicted octanol–water partition coefficient (Wildman–Crippen LogP) is 4.21. The Bertz CT molecular complexity index is 610. The Hall–Kier alpha value is -1.16. The summed E-state index contributed by atoms with van der Waals surface area (Å²) in [6.45, 7) is 0. The summed E-state index contributed by atoms with van der Waals surface area (Å²) < 4.78 is 1.32. The van der Waals surface area contributed by atoms with E-state index in [1.165, 1.54) is 20.5 Å².